The highest BCUT2D eigenvalue weighted by Crippen LogP contribution is 2.23. The molecular formula is C12H19ClN2OS. The number of piperidine rings is 1. The van der Waals surface area contributed by atoms with Crippen molar-refractivity contribution >= 4 is 29.7 Å². The Kier molecular flexibility index (Phi) is 4.98. The molecule has 1 fully saturated rings. The molecule has 1 aromatic rings. The highest BCUT2D eigenvalue weighted by molar-refractivity contribution is 7.14. The predicted octanol–water partition coefficient (Wildman–Crippen LogP) is 2.35. The average molecular weight is 275 g/mol. The lowest BCUT2D eigenvalue weighted by atomic mass is 10.1. The topological polar surface area (TPSA) is 46.3 Å². The number of hydrogen-bond acceptors (Lipinski definition) is 3. The van der Waals surface area contributed by atoms with Crippen LogP contribution in [-0.2, 0) is 0 Å². The minimum absolute atomic E-state index is 0. The summed E-state index contributed by atoms with van der Waals surface area (Å²) in [5.41, 5.74) is 7.04. The van der Waals surface area contributed by atoms with Crippen molar-refractivity contribution in [1.82, 2.24) is 4.90 Å². The highest BCUT2D eigenvalue weighted by atomic mass is 35.5. The Labute approximate surface area is 112 Å². The van der Waals surface area contributed by atoms with Crippen LogP contribution in [0.15, 0.2) is 6.07 Å². The van der Waals surface area contributed by atoms with Crippen LogP contribution in [0.25, 0.3) is 0 Å². The molecular weight excluding hydrogens is 256 g/mol. The first-order valence-corrected chi connectivity index (χ1v) is 6.51. The lowest BCUT2D eigenvalue weighted by molar-refractivity contribution is 0.0719. The number of nitrogens with zero attached hydrogens (tertiary/aromatic N) is 1. The standard InChI is InChI=1S/C12H18N2OS.ClH/c1-8-7-11(16-9(8)2)12(15)14-5-3-10(13)4-6-14;/h7,10H,3-6,13H2,1-2H3;1H. The quantitative estimate of drug-likeness (QED) is 0.854. The van der Waals surface area contributed by atoms with E-state index in [-0.39, 0.29) is 24.4 Å². The normalized spacial score (nSPS) is 16.8. The Morgan fingerprint density at radius 3 is 2.47 bits per heavy atom. The molecule has 0 unspecified atom stereocenters. The van der Waals surface area contributed by atoms with Gasteiger partial charge in [-0.3, -0.25) is 4.79 Å². The summed E-state index contributed by atoms with van der Waals surface area (Å²) < 4.78 is 0. The van der Waals surface area contributed by atoms with Gasteiger partial charge in [-0.15, -0.1) is 23.7 Å². The molecule has 1 aliphatic heterocycles. The van der Waals surface area contributed by atoms with Gasteiger partial charge >= 0.3 is 0 Å². The number of nitrogens with two attached hydrogens (primary N) is 1. The van der Waals surface area contributed by atoms with Crippen LogP contribution in [0.5, 0.6) is 0 Å². The maximum Gasteiger partial charge on any atom is 0.263 e. The van der Waals surface area contributed by atoms with E-state index >= 15 is 0 Å². The Bertz CT molecular complexity index is 378. The minimum atomic E-state index is 0. The van der Waals surface area contributed by atoms with E-state index in [0.717, 1.165) is 30.8 Å². The number of thiophene rings is 1. The summed E-state index contributed by atoms with van der Waals surface area (Å²) in [6.07, 6.45) is 1.85. The van der Waals surface area contributed by atoms with E-state index in [2.05, 4.69) is 13.8 Å². The van der Waals surface area contributed by atoms with Gasteiger partial charge in [0.1, 0.15) is 0 Å². The number of carbonyl (C=O) groups excluding carboxylic acids is 1. The molecule has 1 aliphatic rings. The van der Waals surface area contributed by atoms with E-state index in [1.165, 1.54) is 10.4 Å². The number of halogens is 1. The zero-order valence-electron chi connectivity index (χ0n) is 10.2. The van der Waals surface area contributed by atoms with Gasteiger partial charge < -0.3 is 10.6 Å². The summed E-state index contributed by atoms with van der Waals surface area (Å²) in [5, 5.41) is 0. The van der Waals surface area contributed by atoms with Crippen LogP contribution in [0, 0.1) is 13.8 Å². The average Bonchev–Trinajstić information content (AvgIpc) is 2.59. The summed E-state index contributed by atoms with van der Waals surface area (Å²) in [5.74, 6) is 0.174. The summed E-state index contributed by atoms with van der Waals surface area (Å²) in [6, 6.07) is 2.27. The van der Waals surface area contributed by atoms with Gasteiger partial charge in [-0.25, -0.2) is 0 Å². The van der Waals surface area contributed by atoms with Gasteiger partial charge in [0.2, 0.25) is 0 Å². The first-order valence-electron chi connectivity index (χ1n) is 5.70. The highest BCUT2D eigenvalue weighted by Gasteiger charge is 2.22. The molecule has 1 aromatic heterocycles. The molecule has 5 heteroatoms. The van der Waals surface area contributed by atoms with Crippen LogP contribution in [0.2, 0.25) is 0 Å². The van der Waals surface area contributed by atoms with Crippen LogP contribution in [0.4, 0.5) is 0 Å². The Hall–Kier alpha value is -0.580. The van der Waals surface area contributed by atoms with E-state index in [0.29, 0.717) is 0 Å². The van der Waals surface area contributed by atoms with E-state index in [9.17, 15) is 4.79 Å². The summed E-state index contributed by atoms with van der Waals surface area (Å²) >= 11 is 1.59. The van der Waals surface area contributed by atoms with E-state index in [1.807, 2.05) is 11.0 Å². The van der Waals surface area contributed by atoms with Gasteiger partial charge in [-0.2, -0.15) is 0 Å². The molecule has 1 amide bonds. The summed E-state index contributed by atoms with van der Waals surface area (Å²) in [6.45, 7) is 5.71. The molecule has 0 aliphatic carbocycles. The Morgan fingerprint density at radius 1 is 1.41 bits per heavy atom. The zero-order valence-corrected chi connectivity index (χ0v) is 11.9. The third-order valence-electron chi connectivity index (χ3n) is 3.20. The van der Waals surface area contributed by atoms with Gasteiger partial charge in [0, 0.05) is 24.0 Å². The lowest BCUT2D eigenvalue weighted by Gasteiger charge is -2.29. The number of rotatable bonds is 1. The molecule has 0 radical (unpaired) electrons. The molecule has 0 aromatic carbocycles. The molecule has 0 bridgehead atoms. The van der Waals surface area contributed by atoms with Crippen LogP contribution < -0.4 is 5.73 Å². The smallest absolute Gasteiger partial charge is 0.263 e. The predicted molar refractivity (Wildman–Crippen MR) is 74.2 cm³/mol. The van der Waals surface area contributed by atoms with Crippen LogP contribution in [0.3, 0.4) is 0 Å². The monoisotopic (exact) mass is 274 g/mol. The van der Waals surface area contributed by atoms with Crippen molar-refractivity contribution in [1.29, 1.82) is 0 Å². The Balaban J connectivity index is 0.00000144. The maximum absolute atomic E-state index is 12.2. The van der Waals surface area contributed by atoms with Gasteiger partial charge in [0.25, 0.3) is 5.91 Å². The molecule has 96 valence electrons. The molecule has 0 atom stereocenters. The molecule has 17 heavy (non-hydrogen) atoms. The van der Waals surface area contributed by atoms with Crippen molar-refractivity contribution in [3.05, 3.63) is 21.4 Å². The number of likely N-dealkylation sites (tertiary alicyclic amines) is 1. The molecule has 0 spiro atoms. The second-order valence-electron chi connectivity index (χ2n) is 4.48. The van der Waals surface area contributed by atoms with Crippen LogP contribution >= 0.6 is 23.7 Å². The maximum atomic E-state index is 12.2. The van der Waals surface area contributed by atoms with Crippen molar-refractivity contribution in [3.63, 3.8) is 0 Å². The molecule has 3 nitrogen and oxygen atoms in total. The largest absolute Gasteiger partial charge is 0.338 e. The number of hydrogen-bond donors (Lipinski definition) is 1. The number of carbonyl (C=O) groups is 1. The van der Waals surface area contributed by atoms with Gasteiger partial charge in [0.15, 0.2) is 0 Å². The van der Waals surface area contributed by atoms with Crippen molar-refractivity contribution in [2.75, 3.05) is 13.1 Å². The first kappa shape index (κ1) is 14.5. The van der Waals surface area contributed by atoms with Crippen molar-refractivity contribution in [3.8, 4) is 0 Å². The Morgan fingerprint density at radius 2 is 2.00 bits per heavy atom. The van der Waals surface area contributed by atoms with Gasteiger partial charge in [0.05, 0.1) is 4.88 Å². The van der Waals surface area contributed by atoms with E-state index < -0.39 is 0 Å². The minimum Gasteiger partial charge on any atom is -0.338 e. The van der Waals surface area contributed by atoms with Crippen LogP contribution in [0.1, 0.15) is 33.0 Å². The van der Waals surface area contributed by atoms with Gasteiger partial charge in [-0.1, -0.05) is 0 Å². The number of aryl methyl sites for hydroxylation is 2. The second kappa shape index (κ2) is 5.85. The first-order chi connectivity index (χ1) is 7.58. The molecule has 2 N–H and O–H groups in total. The second-order valence-corrected chi connectivity index (χ2v) is 5.74. The van der Waals surface area contributed by atoms with Gasteiger partial charge in [-0.05, 0) is 38.3 Å². The fourth-order valence-electron chi connectivity index (χ4n) is 1.94. The van der Waals surface area contributed by atoms with Crippen LogP contribution in [-0.4, -0.2) is 29.9 Å². The zero-order chi connectivity index (χ0) is 11.7. The number of amides is 1. The molecule has 1 saturated heterocycles. The van der Waals surface area contributed by atoms with Crippen molar-refractivity contribution in [2.45, 2.75) is 32.7 Å². The van der Waals surface area contributed by atoms with Crippen molar-refractivity contribution in [2.24, 2.45) is 5.73 Å². The fraction of sp³-hybridized carbons (Fsp3) is 0.583. The van der Waals surface area contributed by atoms with E-state index in [1.54, 1.807) is 11.3 Å². The third kappa shape index (κ3) is 3.21. The SMILES string of the molecule is Cc1cc(C(=O)N2CCC(N)CC2)sc1C.Cl. The molecule has 0 saturated carbocycles. The summed E-state index contributed by atoms with van der Waals surface area (Å²) in [4.78, 5) is 16.2. The summed E-state index contributed by atoms with van der Waals surface area (Å²) in [7, 11) is 0. The fourth-order valence-corrected chi connectivity index (χ4v) is 2.94. The van der Waals surface area contributed by atoms with Crippen molar-refractivity contribution < 1.29 is 4.79 Å². The third-order valence-corrected chi connectivity index (χ3v) is 4.34. The lowest BCUT2D eigenvalue weighted by Crippen LogP contribution is -2.42. The molecule has 2 heterocycles. The molecule has 2 rings (SSSR count). The van der Waals surface area contributed by atoms with E-state index in [4.69, 9.17) is 5.73 Å².